The quantitative estimate of drug-likeness (QED) is 0.304. The van der Waals surface area contributed by atoms with Gasteiger partial charge < -0.3 is 20.4 Å². The highest BCUT2D eigenvalue weighted by Gasteiger charge is 2.07. The van der Waals surface area contributed by atoms with Crippen LogP contribution in [0.5, 0.6) is 0 Å². The fourth-order valence-corrected chi connectivity index (χ4v) is 2.76. The van der Waals surface area contributed by atoms with E-state index in [0.29, 0.717) is 37.0 Å². The van der Waals surface area contributed by atoms with Gasteiger partial charge in [0.15, 0.2) is 5.96 Å². The zero-order valence-corrected chi connectivity index (χ0v) is 17.3. The molecule has 156 valence electrons. The number of carbonyl (C=O) groups is 1. The Hall–Kier alpha value is -3.61. The molecule has 0 unspecified atom stereocenters. The number of benzene rings is 2. The third-order valence-corrected chi connectivity index (χ3v) is 4.33. The van der Waals surface area contributed by atoms with Crippen molar-refractivity contribution in [2.24, 2.45) is 4.99 Å². The van der Waals surface area contributed by atoms with Gasteiger partial charge in [-0.3, -0.25) is 4.79 Å². The van der Waals surface area contributed by atoms with Crippen LogP contribution < -0.4 is 16.0 Å². The van der Waals surface area contributed by atoms with E-state index in [4.69, 9.17) is 4.42 Å². The van der Waals surface area contributed by atoms with E-state index in [1.807, 2.05) is 56.3 Å². The van der Waals surface area contributed by atoms with Crippen molar-refractivity contribution in [2.45, 2.75) is 20.4 Å². The van der Waals surface area contributed by atoms with Crippen molar-refractivity contribution < 1.29 is 9.21 Å². The summed E-state index contributed by atoms with van der Waals surface area (Å²) >= 11 is 0. The van der Waals surface area contributed by atoms with Gasteiger partial charge >= 0.3 is 0 Å². The lowest BCUT2D eigenvalue weighted by molar-refractivity contribution is 0.0954. The van der Waals surface area contributed by atoms with E-state index in [2.05, 4.69) is 25.9 Å². The minimum Gasteiger partial charge on any atom is -0.444 e. The van der Waals surface area contributed by atoms with E-state index in [1.54, 1.807) is 18.4 Å². The lowest BCUT2D eigenvalue weighted by Gasteiger charge is -2.11. The number of nitrogens with zero attached hydrogens (tertiary/aromatic N) is 2. The van der Waals surface area contributed by atoms with E-state index in [0.717, 1.165) is 17.8 Å². The number of hydrogen-bond donors (Lipinski definition) is 3. The molecule has 3 N–H and O–H groups in total. The fourth-order valence-electron chi connectivity index (χ4n) is 2.76. The predicted octanol–water partition coefficient (Wildman–Crippen LogP) is 3.14. The van der Waals surface area contributed by atoms with Crippen molar-refractivity contribution in [2.75, 3.05) is 19.6 Å². The summed E-state index contributed by atoms with van der Waals surface area (Å²) in [6, 6.07) is 17.2. The standard InChI is InChI=1S/C23H27N5O2/c1-3-24-23(26-14-13-25-21(29)18-7-5-4-6-8-18)27-15-20-16-30-22(28-20)19-11-9-17(2)10-12-19/h4-12,16H,3,13-15H2,1-2H3,(H,25,29)(H2,24,26,27). The normalized spacial score (nSPS) is 11.2. The Morgan fingerprint density at radius 2 is 1.73 bits per heavy atom. The molecule has 7 nitrogen and oxygen atoms in total. The van der Waals surface area contributed by atoms with Gasteiger partial charge in [-0.15, -0.1) is 0 Å². The molecule has 2 aromatic carbocycles. The molecule has 1 amide bonds. The molecule has 3 aromatic rings. The zero-order valence-electron chi connectivity index (χ0n) is 17.3. The minimum absolute atomic E-state index is 0.0921. The summed E-state index contributed by atoms with van der Waals surface area (Å²) in [6.07, 6.45) is 1.63. The van der Waals surface area contributed by atoms with E-state index in [1.165, 1.54) is 5.56 Å². The molecule has 30 heavy (non-hydrogen) atoms. The van der Waals surface area contributed by atoms with Crippen molar-refractivity contribution >= 4 is 11.9 Å². The van der Waals surface area contributed by atoms with Crippen molar-refractivity contribution in [1.29, 1.82) is 0 Å². The Morgan fingerprint density at radius 1 is 1.00 bits per heavy atom. The molecule has 1 heterocycles. The molecule has 0 fully saturated rings. The number of hydrogen-bond acceptors (Lipinski definition) is 4. The second-order valence-corrected chi connectivity index (χ2v) is 6.75. The first-order chi connectivity index (χ1) is 14.7. The van der Waals surface area contributed by atoms with Gasteiger partial charge in [0, 0.05) is 30.8 Å². The number of aryl methyl sites for hydroxylation is 1. The van der Waals surface area contributed by atoms with Crippen molar-refractivity contribution in [3.63, 3.8) is 0 Å². The van der Waals surface area contributed by atoms with Gasteiger partial charge in [0.25, 0.3) is 5.91 Å². The second-order valence-electron chi connectivity index (χ2n) is 6.75. The smallest absolute Gasteiger partial charge is 0.251 e. The molecule has 7 heteroatoms. The average molecular weight is 406 g/mol. The van der Waals surface area contributed by atoms with Crippen LogP contribution in [-0.2, 0) is 6.54 Å². The topological polar surface area (TPSA) is 91.6 Å². The van der Waals surface area contributed by atoms with E-state index in [-0.39, 0.29) is 5.91 Å². The molecule has 0 radical (unpaired) electrons. The van der Waals surface area contributed by atoms with E-state index >= 15 is 0 Å². The van der Waals surface area contributed by atoms with Crippen LogP contribution in [0.25, 0.3) is 11.5 Å². The van der Waals surface area contributed by atoms with E-state index < -0.39 is 0 Å². The monoisotopic (exact) mass is 405 g/mol. The van der Waals surface area contributed by atoms with Crippen LogP contribution in [0.15, 0.2) is 70.3 Å². The second kappa shape index (κ2) is 10.8. The molecule has 0 saturated heterocycles. The number of nitrogens with one attached hydrogen (secondary N) is 3. The van der Waals surface area contributed by atoms with Crippen LogP contribution in [-0.4, -0.2) is 36.5 Å². The first-order valence-corrected chi connectivity index (χ1v) is 10.0. The molecule has 0 aliphatic heterocycles. The molecule has 1 aromatic heterocycles. The predicted molar refractivity (Wildman–Crippen MR) is 118 cm³/mol. The van der Waals surface area contributed by atoms with Gasteiger partial charge in [0.2, 0.25) is 5.89 Å². The largest absolute Gasteiger partial charge is 0.444 e. The highest BCUT2D eigenvalue weighted by Crippen LogP contribution is 2.19. The molecule has 0 spiro atoms. The molecule has 0 bridgehead atoms. The number of aromatic nitrogens is 1. The Balaban J connectivity index is 1.49. The summed E-state index contributed by atoms with van der Waals surface area (Å²) in [5.41, 5.74) is 3.53. The number of carbonyl (C=O) groups excluding carboxylic acids is 1. The number of oxazole rings is 1. The molecule has 0 atom stereocenters. The Kier molecular flexibility index (Phi) is 7.60. The van der Waals surface area contributed by atoms with Gasteiger partial charge in [-0.25, -0.2) is 9.98 Å². The third kappa shape index (κ3) is 6.20. The Morgan fingerprint density at radius 3 is 2.47 bits per heavy atom. The third-order valence-electron chi connectivity index (χ3n) is 4.33. The number of amides is 1. The van der Waals surface area contributed by atoms with Crippen LogP contribution in [0.2, 0.25) is 0 Å². The maximum absolute atomic E-state index is 12.1. The van der Waals surface area contributed by atoms with Crippen molar-refractivity contribution in [3.8, 4) is 11.5 Å². The first kappa shape index (κ1) is 21.1. The number of aliphatic imine (C=N–C) groups is 1. The van der Waals surface area contributed by atoms with Gasteiger partial charge in [-0.2, -0.15) is 0 Å². The van der Waals surface area contributed by atoms with Crippen molar-refractivity contribution in [1.82, 2.24) is 20.9 Å². The molecule has 3 rings (SSSR count). The van der Waals surface area contributed by atoms with Crippen molar-refractivity contribution in [3.05, 3.63) is 77.7 Å². The van der Waals surface area contributed by atoms with Crippen LogP contribution in [0, 0.1) is 6.92 Å². The summed E-state index contributed by atoms with van der Waals surface area (Å²) in [5.74, 6) is 1.15. The van der Waals surface area contributed by atoms with Gasteiger partial charge in [-0.05, 0) is 38.1 Å². The average Bonchev–Trinajstić information content (AvgIpc) is 3.25. The summed E-state index contributed by atoms with van der Waals surface area (Å²) in [7, 11) is 0. The van der Waals surface area contributed by atoms with Gasteiger partial charge in [0.1, 0.15) is 12.0 Å². The number of guanidine groups is 1. The Bertz CT molecular complexity index is 965. The lowest BCUT2D eigenvalue weighted by atomic mass is 10.1. The van der Waals surface area contributed by atoms with Gasteiger partial charge in [0.05, 0.1) is 6.54 Å². The van der Waals surface area contributed by atoms with Crippen LogP contribution >= 0.6 is 0 Å². The molecular formula is C23H27N5O2. The summed E-state index contributed by atoms with van der Waals surface area (Å²) < 4.78 is 5.58. The van der Waals surface area contributed by atoms with Crippen LogP contribution in [0.1, 0.15) is 28.5 Å². The maximum Gasteiger partial charge on any atom is 0.251 e. The summed E-state index contributed by atoms with van der Waals surface area (Å²) in [5, 5.41) is 9.28. The van der Waals surface area contributed by atoms with Crippen LogP contribution in [0.3, 0.4) is 0 Å². The highest BCUT2D eigenvalue weighted by atomic mass is 16.3. The first-order valence-electron chi connectivity index (χ1n) is 10.0. The fraction of sp³-hybridized carbons (Fsp3) is 0.261. The molecular weight excluding hydrogens is 378 g/mol. The Labute approximate surface area is 176 Å². The maximum atomic E-state index is 12.1. The lowest BCUT2D eigenvalue weighted by Crippen LogP contribution is -2.41. The molecule has 0 saturated carbocycles. The highest BCUT2D eigenvalue weighted by molar-refractivity contribution is 5.94. The number of rotatable bonds is 8. The summed E-state index contributed by atoms with van der Waals surface area (Å²) in [4.78, 5) is 21.1. The summed E-state index contributed by atoms with van der Waals surface area (Å²) in [6.45, 7) is 6.20. The minimum atomic E-state index is -0.0921. The van der Waals surface area contributed by atoms with Crippen LogP contribution in [0.4, 0.5) is 0 Å². The van der Waals surface area contributed by atoms with E-state index in [9.17, 15) is 4.79 Å². The zero-order chi connectivity index (χ0) is 21.2. The molecule has 0 aliphatic carbocycles. The van der Waals surface area contributed by atoms with Gasteiger partial charge in [-0.1, -0.05) is 35.9 Å². The SMILES string of the molecule is CCNC(=NCc1coc(-c2ccc(C)cc2)n1)NCCNC(=O)c1ccccc1. The molecule has 0 aliphatic rings.